The molecule has 0 atom stereocenters. The number of para-hydroxylation sites is 2. The maximum absolute atomic E-state index is 6.72. The molecule has 0 radical (unpaired) electrons. The van der Waals surface area contributed by atoms with E-state index in [1.165, 1.54) is 0 Å². The zero-order valence-corrected chi connectivity index (χ0v) is 30.0. The van der Waals surface area contributed by atoms with E-state index in [1.807, 2.05) is 85.1 Å². The van der Waals surface area contributed by atoms with E-state index in [0.717, 1.165) is 82.7 Å². The monoisotopic (exact) mass is 717 g/mol. The molecule has 56 heavy (non-hydrogen) atoms. The van der Waals surface area contributed by atoms with Crippen LogP contribution in [0, 0.1) is 0 Å². The van der Waals surface area contributed by atoms with Gasteiger partial charge < -0.3 is 4.42 Å². The van der Waals surface area contributed by atoms with Crippen molar-refractivity contribution in [1.82, 2.24) is 24.5 Å². The number of hydrogen-bond acceptors (Lipinski definition) is 5. The first-order valence-electron chi connectivity index (χ1n) is 18.6. The molecule has 0 aliphatic carbocycles. The van der Waals surface area contributed by atoms with Crippen LogP contribution in [0.15, 0.2) is 193 Å². The molecule has 0 saturated carbocycles. The zero-order valence-electron chi connectivity index (χ0n) is 30.0. The van der Waals surface area contributed by atoms with Gasteiger partial charge in [0.15, 0.2) is 23.1 Å². The topological polar surface area (TPSA) is 69.6 Å². The summed E-state index contributed by atoms with van der Waals surface area (Å²) < 4.78 is 8.94. The first-order chi connectivity index (χ1) is 27.8. The van der Waals surface area contributed by atoms with Crippen LogP contribution >= 0.6 is 0 Å². The Morgan fingerprint density at radius 2 is 0.946 bits per heavy atom. The second kappa shape index (κ2) is 13.0. The Hall–Kier alpha value is -7.70. The van der Waals surface area contributed by atoms with Gasteiger partial charge in [0.1, 0.15) is 11.4 Å². The van der Waals surface area contributed by atoms with Gasteiger partial charge in [0.05, 0.1) is 16.6 Å². The number of rotatable bonds is 6. The van der Waals surface area contributed by atoms with Crippen molar-refractivity contribution in [2.24, 2.45) is 0 Å². The highest BCUT2D eigenvalue weighted by Gasteiger charge is 2.24. The van der Waals surface area contributed by atoms with Crippen LogP contribution in [0.3, 0.4) is 0 Å². The molecule has 0 saturated heterocycles. The summed E-state index contributed by atoms with van der Waals surface area (Å²) in [5.41, 5.74) is 10.4. The minimum absolute atomic E-state index is 0.518. The first-order valence-corrected chi connectivity index (χ1v) is 18.6. The van der Waals surface area contributed by atoms with Crippen LogP contribution in [0.25, 0.3) is 106 Å². The fraction of sp³-hybridized carbons (Fsp3) is 0. The number of furan rings is 1. The van der Waals surface area contributed by atoms with Crippen molar-refractivity contribution in [3.8, 4) is 62.2 Å². The minimum atomic E-state index is 0.518. The molecular formula is C50H31N5O. The summed E-state index contributed by atoms with van der Waals surface area (Å²) in [5, 5.41) is 4.29. The lowest BCUT2D eigenvalue weighted by atomic mass is 9.99. The molecule has 0 aliphatic heterocycles. The molecule has 262 valence electrons. The second-order valence-electron chi connectivity index (χ2n) is 13.9. The van der Waals surface area contributed by atoms with Gasteiger partial charge >= 0.3 is 0 Å². The molecule has 6 nitrogen and oxygen atoms in total. The Kier molecular flexibility index (Phi) is 7.38. The van der Waals surface area contributed by atoms with Gasteiger partial charge in [-0.05, 0) is 47.0 Å². The Morgan fingerprint density at radius 1 is 0.393 bits per heavy atom. The van der Waals surface area contributed by atoms with Gasteiger partial charge in [-0.25, -0.2) is 19.9 Å². The van der Waals surface area contributed by atoms with Crippen molar-refractivity contribution >= 4 is 43.7 Å². The Labute approximate surface area is 322 Å². The maximum Gasteiger partial charge on any atom is 0.167 e. The van der Waals surface area contributed by atoms with Gasteiger partial charge in [-0.3, -0.25) is 4.57 Å². The third kappa shape index (κ3) is 5.27. The van der Waals surface area contributed by atoms with E-state index < -0.39 is 0 Å². The molecule has 0 spiro atoms. The van der Waals surface area contributed by atoms with E-state index in [2.05, 4.69) is 108 Å². The summed E-state index contributed by atoms with van der Waals surface area (Å²) in [6.45, 7) is 0. The van der Waals surface area contributed by atoms with Crippen LogP contribution in [0.2, 0.25) is 0 Å². The lowest BCUT2D eigenvalue weighted by Crippen LogP contribution is -2.06. The van der Waals surface area contributed by atoms with Crippen LogP contribution in [-0.4, -0.2) is 24.5 Å². The molecule has 6 heteroatoms. The van der Waals surface area contributed by atoms with E-state index >= 15 is 0 Å². The van der Waals surface area contributed by atoms with E-state index in [0.29, 0.717) is 23.3 Å². The normalized spacial score (nSPS) is 11.6. The summed E-state index contributed by atoms with van der Waals surface area (Å²) in [5.74, 6) is 2.37. The van der Waals surface area contributed by atoms with Crippen molar-refractivity contribution in [2.75, 3.05) is 0 Å². The molecule has 11 rings (SSSR count). The largest absolute Gasteiger partial charge is 0.454 e. The van der Waals surface area contributed by atoms with E-state index in [4.69, 9.17) is 24.4 Å². The third-order valence-electron chi connectivity index (χ3n) is 10.5. The quantitative estimate of drug-likeness (QED) is 0.171. The van der Waals surface area contributed by atoms with Gasteiger partial charge in [-0.15, -0.1) is 0 Å². The molecule has 0 N–H and O–H groups in total. The van der Waals surface area contributed by atoms with Crippen molar-refractivity contribution < 1.29 is 4.42 Å². The predicted molar refractivity (Wildman–Crippen MR) is 226 cm³/mol. The van der Waals surface area contributed by atoms with E-state index in [-0.39, 0.29) is 0 Å². The lowest BCUT2D eigenvalue weighted by Gasteiger charge is -2.15. The van der Waals surface area contributed by atoms with Gasteiger partial charge in [-0.2, -0.15) is 0 Å². The molecule has 0 unspecified atom stereocenters. The average molecular weight is 718 g/mol. The third-order valence-corrected chi connectivity index (χ3v) is 10.5. The van der Waals surface area contributed by atoms with Crippen LogP contribution in [0.4, 0.5) is 0 Å². The number of fused-ring (bicyclic) bond motifs is 7. The maximum atomic E-state index is 6.72. The van der Waals surface area contributed by atoms with Gasteiger partial charge in [0.25, 0.3) is 0 Å². The van der Waals surface area contributed by atoms with Crippen LogP contribution in [0.1, 0.15) is 0 Å². The summed E-state index contributed by atoms with van der Waals surface area (Å²) in [6, 6.07) is 62.4. The highest BCUT2D eigenvalue weighted by atomic mass is 16.3. The van der Waals surface area contributed by atoms with Gasteiger partial charge in [-0.1, -0.05) is 152 Å². The fourth-order valence-electron chi connectivity index (χ4n) is 7.85. The summed E-state index contributed by atoms with van der Waals surface area (Å²) >= 11 is 0. The minimum Gasteiger partial charge on any atom is -0.454 e. The molecule has 4 heterocycles. The second-order valence-corrected chi connectivity index (χ2v) is 13.9. The number of aromatic nitrogens is 5. The van der Waals surface area contributed by atoms with Crippen molar-refractivity contribution in [3.05, 3.63) is 188 Å². The van der Waals surface area contributed by atoms with Crippen LogP contribution < -0.4 is 0 Å². The van der Waals surface area contributed by atoms with Crippen molar-refractivity contribution in [3.63, 3.8) is 0 Å². The van der Waals surface area contributed by atoms with Crippen LogP contribution in [-0.2, 0) is 0 Å². The average Bonchev–Trinajstić information content (AvgIpc) is 3.83. The summed E-state index contributed by atoms with van der Waals surface area (Å²) in [6.07, 6.45) is 1.96. The molecule has 0 fully saturated rings. The lowest BCUT2D eigenvalue weighted by molar-refractivity contribution is 0.671. The predicted octanol–water partition coefficient (Wildman–Crippen LogP) is 12.6. The fourth-order valence-corrected chi connectivity index (χ4v) is 7.85. The number of hydrogen-bond donors (Lipinski definition) is 0. The summed E-state index contributed by atoms with van der Waals surface area (Å²) in [4.78, 5) is 20.8. The molecule has 0 bridgehead atoms. The van der Waals surface area contributed by atoms with E-state index in [9.17, 15) is 0 Å². The number of pyridine rings is 1. The zero-order chi connectivity index (χ0) is 37.0. The van der Waals surface area contributed by atoms with Gasteiger partial charge in [0, 0.05) is 44.4 Å². The number of benzene rings is 7. The Balaban J connectivity index is 1.24. The van der Waals surface area contributed by atoms with Crippen molar-refractivity contribution in [2.45, 2.75) is 0 Å². The van der Waals surface area contributed by atoms with E-state index in [1.54, 1.807) is 0 Å². The summed E-state index contributed by atoms with van der Waals surface area (Å²) in [7, 11) is 0. The highest BCUT2D eigenvalue weighted by molar-refractivity contribution is 6.21. The van der Waals surface area contributed by atoms with Crippen molar-refractivity contribution in [1.29, 1.82) is 0 Å². The molecule has 4 aromatic heterocycles. The SMILES string of the molecule is c1ccc(-c2cccc(-c3cnc(-n4c5ccccc5c5ccc6c7ccccc7oc6c54)c(-c4nc(-c5ccccc5)nc(-c5ccccc5)n4)c3)c2)cc1. The Morgan fingerprint density at radius 3 is 1.66 bits per heavy atom. The Bertz CT molecular complexity index is 3190. The highest BCUT2D eigenvalue weighted by Crippen LogP contribution is 2.42. The molecular weight excluding hydrogens is 687 g/mol. The molecule has 0 aliphatic rings. The van der Waals surface area contributed by atoms with Gasteiger partial charge in [0.2, 0.25) is 0 Å². The molecule has 11 aromatic rings. The molecule has 0 amide bonds. The molecule has 7 aromatic carbocycles. The smallest absolute Gasteiger partial charge is 0.167 e. The van der Waals surface area contributed by atoms with Crippen LogP contribution in [0.5, 0.6) is 0 Å². The first kappa shape index (κ1) is 31.8. The number of nitrogens with zero attached hydrogens (tertiary/aromatic N) is 5. The standard InChI is InChI=1S/C50H31N5O/c1-4-15-32(16-5-1)35-21-14-22-36(29-35)37-30-42(49-53-47(33-17-6-2-7-18-33)52-48(54-49)34-19-8-3-9-20-34)50(51-31-37)55-43-25-12-10-23-38(43)40-27-28-41-39-24-11-13-26-44(39)56-46(41)45(40)55/h1-31H.